The van der Waals surface area contributed by atoms with Gasteiger partial charge in [0.2, 0.25) is 0 Å². The zero-order valence-corrected chi connectivity index (χ0v) is 16.4. The molecule has 0 atom stereocenters. The fourth-order valence-corrected chi connectivity index (χ4v) is 4.42. The number of hydrogen-bond acceptors (Lipinski definition) is 2. The van der Waals surface area contributed by atoms with Crippen LogP contribution in [0.3, 0.4) is 0 Å². The quantitative estimate of drug-likeness (QED) is 0.440. The number of alkyl halides is 3. The second-order valence-electron chi connectivity index (χ2n) is 7.39. The van der Waals surface area contributed by atoms with Gasteiger partial charge in [-0.15, -0.1) is 0 Å². The topological polar surface area (TPSA) is 3.24 Å². The predicted molar refractivity (Wildman–Crippen MR) is 106 cm³/mol. The Morgan fingerprint density at radius 3 is 2.48 bits per heavy atom. The molecule has 0 bridgehead atoms. The molecule has 0 unspecified atom stereocenters. The summed E-state index contributed by atoms with van der Waals surface area (Å²) in [5, 5.41) is 0. The number of hydrogen-bond donors (Lipinski definition) is 0. The molecule has 0 aliphatic carbocycles. The third-order valence-electron chi connectivity index (χ3n) is 4.72. The molecule has 0 aromatic heterocycles. The molecule has 0 spiro atoms. The fraction of sp³-hybridized carbons (Fsp3) is 0.333. The van der Waals surface area contributed by atoms with Crippen LogP contribution in [0.15, 0.2) is 64.9 Å². The Labute approximate surface area is 162 Å². The van der Waals surface area contributed by atoms with Gasteiger partial charge in [0.15, 0.2) is 0 Å². The van der Waals surface area contributed by atoms with E-state index in [2.05, 4.69) is 20.7 Å². The Kier molecular flexibility index (Phi) is 5.58. The highest BCUT2D eigenvalue weighted by molar-refractivity contribution is 7.99. The molecule has 0 saturated heterocycles. The van der Waals surface area contributed by atoms with Gasteiger partial charge < -0.3 is 9.38 Å². The summed E-state index contributed by atoms with van der Waals surface area (Å²) in [6.45, 7) is 6.26. The Morgan fingerprint density at radius 2 is 1.78 bits per heavy atom. The highest BCUT2D eigenvalue weighted by atomic mass is 32.2. The maximum absolute atomic E-state index is 13.2. The van der Waals surface area contributed by atoms with Crippen LogP contribution < -0.4 is 4.90 Å². The molecule has 0 N–H and O–H groups in total. The van der Waals surface area contributed by atoms with Gasteiger partial charge in [-0.2, -0.15) is 13.2 Å². The molecule has 144 valence electrons. The van der Waals surface area contributed by atoms with E-state index < -0.39 is 11.7 Å². The van der Waals surface area contributed by atoms with Crippen LogP contribution in [0.4, 0.5) is 24.5 Å². The van der Waals surface area contributed by atoms with Crippen molar-refractivity contribution in [2.24, 2.45) is 0 Å². The maximum Gasteiger partial charge on any atom is 0.416 e. The van der Waals surface area contributed by atoms with Crippen LogP contribution in [-0.4, -0.2) is 38.2 Å². The largest absolute Gasteiger partial charge is 0.416 e. The molecule has 3 rings (SSSR count). The van der Waals surface area contributed by atoms with Crippen LogP contribution in [0, 0.1) is 0 Å². The van der Waals surface area contributed by atoms with Crippen LogP contribution in [0.2, 0.25) is 0 Å². The molecule has 0 saturated carbocycles. The number of benzene rings is 2. The van der Waals surface area contributed by atoms with Gasteiger partial charge in [-0.3, -0.25) is 0 Å². The van der Waals surface area contributed by atoms with E-state index in [1.165, 1.54) is 23.9 Å². The average molecular weight is 393 g/mol. The van der Waals surface area contributed by atoms with Gasteiger partial charge in [-0.25, -0.2) is 0 Å². The van der Waals surface area contributed by atoms with E-state index in [1.54, 1.807) is 6.07 Å². The summed E-state index contributed by atoms with van der Waals surface area (Å²) in [5.74, 6) is 0. The van der Waals surface area contributed by atoms with Crippen LogP contribution in [-0.2, 0) is 6.18 Å². The minimum absolute atomic E-state index is 0.603. The van der Waals surface area contributed by atoms with Crippen molar-refractivity contribution in [1.29, 1.82) is 0 Å². The second-order valence-corrected chi connectivity index (χ2v) is 8.47. The average Bonchev–Trinajstić information content (AvgIpc) is 2.59. The predicted octanol–water partition coefficient (Wildman–Crippen LogP) is 5.96. The van der Waals surface area contributed by atoms with Crippen molar-refractivity contribution in [3.8, 4) is 0 Å². The summed E-state index contributed by atoms with van der Waals surface area (Å²) in [7, 11) is 4.27. The van der Waals surface area contributed by atoms with Gasteiger partial charge in [0, 0.05) is 22.8 Å². The standard InChI is InChI=1S/C21H24F3N2S/c1-4-13-26(2,3)14-7-12-25-17-8-5-6-9-19(17)27-20-11-10-16(15-18(20)25)21(22,23)24/h4-6,8-11,15H,1,7,12-14H2,2-3H3/q+1. The molecule has 2 nitrogen and oxygen atoms in total. The lowest BCUT2D eigenvalue weighted by atomic mass is 10.1. The van der Waals surface area contributed by atoms with Crippen molar-refractivity contribution in [2.45, 2.75) is 22.4 Å². The number of fused-ring (bicyclic) bond motifs is 2. The highest BCUT2D eigenvalue weighted by Gasteiger charge is 2.33. The van der Waals surface area contributed by atoms with E-state index in [1.807, 2.05) is 35.2 Å². The maximum atomic E-state index is 13.2. The first kappa shape index (κ1) is 19.8. The third kappa shape index (κ3) is 4.50. The van der Waals surface area contributed by atoms with Crippen molar-refractivity contribution in [3.05, 3.63) is 60.7 Å². The van der Waals surface area contributed by atoms with E-state index in [0.29, 0.717) is 12.2 Å². The fourth-order valence-electron chi connectivity index (χ4n) is 3.34. The first-order valence-corrected chi connectivity index (χ1v) is 9.71. The molecule has 6 heteroatoms. The Bertz CT molecular complexity index is 830. The molecule has 0 radical (unpaired) electrons. The van der Waals surface area contributed by atoms with E-state index in [0.717, 1.165) is 39.5 Å². The zero-order chi connectivity index (χ0) is 19.7. The number of likely N-dealkylation sites (N-methyl/N-ethyl adjacent to an activating group) is 1. The highest BCUT2D eigenvalue weighted by Crippen LogP contribution is 2.49. The Morgan fingerprint density at radius 1 is 1.07 bits per heavy atom. The lowest BCUT2D eigenvalue weighted by Crippen LogP contribution is -2.41. The number of anilines is 2. The number of para-hydroxylation sites is 1. The molecular weight excluding hydrogens is 369 g/mol. The summed E-state index contributed by atoms with van der Waals surface area (Å²) < 4.78 is 40.5. The SMILES string of the molecule is C=CC[N+](C)(C)CCCN1c2ccccc2Sc2ccc(C(F)(F)F)cc21. The summed E-state index contributed by atoms with van der Waals surface area (Å²) in [6.07, 6.45) is -1.57. The van der Waals surface area contributed by atoms with Crippen LogP contribution in [0.5, 0.6) is 0 Å². The van der Waals surface area contributed by atoms with Crippen LogP contribution >= 0.6 is 11.8 Å². The molecule has 1 aliphatic heterocycles. The summed E-state index contributed by atoms with van der Waals surface area (Å²) in [5.41, 5.74) is 1.01. The minimum atomic E-state index is -4.34. The van der Waals surface area contributed by atoms with Crippen molar-refractivity contribution in [1.82, 2.24) is 0 Å². The Hall–Kier alpha value is -1.92. The van der Waals surface area contributed by atoms with Gasteiger partial charge >= 0.3 is 6.18 Å². The first-order chi connectivity index (χ1) is 12.7. The lowest BCUT2D eigenvalue weighted by Gasteiger charge is -2.35. The summed E-state index contributed by atoms with van der Waals surface area (Å²) in [4.78, 5) is 3.97. The molecular formula is C21H24F3N2S+. The molecule has 27 heavy (non-hydrogen) atoms. The van der Waals surface area contributed by atoms with E-state index >= 15 is 0 Å². The first-order valence-electron chi connectivity index (χ1n) is 8.90. The molecule has 2 aromatic rings. The van der Waals surface area contributed by atoms with E-state index in [-0.39, 0.29) is 0 Å². The van der Waals surface area contributed by atoms with E-state index in [4.69, 9.17) is 0 Å². The van der Waals surface area contributed by atoms with Crippen molar-refractivity contribution < 1.29 is 17.7 Å². The van der Waals surface area contributed by atoms with Gasteiger partial charge in [-0.1, -0.05) is 30.5 Å². The summed E-state index contributed by atoms with van der Waals surface area (Å²) in [6, 6.07) is 11.9. The van der Waals surface area contributed by atoms with Crippen LogP contribution in [0.1, 0.15) is 12.0 Å². The third-order valence-corrected chi connectivity index (χ3v) is 5.85. The lowest BCUT2D eigenvalue weighted by molar-refractivity contribution is -0.884. The minimum Gasteiger partial charge on any atom is -0.339 e. The number of rotatable bonds is 6. The number of nitrogens with zero attached hydrogens (tertiary/aromatic N) is 2. The molecule has 0 fully saturated rings. The van der Waals surface area contributed by atoms with Crippen molar-refractivity contribution in [2.75, 3.05) is 38.6 Å². The van der Waals surface area contributed by atoms with Gasteiger partial charge in [-0.05, 0) is 36.4 Å². The van der Waals surface area contributed by atoms with Gasteiger partial charge in [0.25, 0.3) is 0 Å². The van der Waals surface area contributed by atoms with Crippen molar-refractivity contribution >= 4 is 23.1 Å². The van der Waals surface area contributed by atoms with E-state index in [9.17, 15) is 13.2 Å². The molecule has 1 heterocycles. The normalized spacial score (nSPS) is 13.9. The zero-order valence-electron chi connectivity index (χ0n) is 15.6. The van der Waals surface area contributed by atoms with Gasteiger partial charge in [0.1, 0.15) is 0 Å². The molecule has 0 amide bonds. The van der Waals surface area contributed by atoms with Gasteiger partial charge in [0.05, 0.1) is 44.1 Å². The van der Waals surface area contributed by atoms with Crippen molar-refractivity contribution in [3.63, 3.8) is 0 Å². The number of halogens is 3. The van der Waals surface area contributed by atoms with Crippen LogP contribution in [0.25, 0.3) is 0 Å². The molecule has 2 aromatic carbocycles. The monoisotopic (exact) mass is 393 g/mol. The number of quaternary nitrogens is 1. The second kappa shape index (κ2) is 7.60. The Balaban J connectivity index is 1.91. The molecule has 1 aliphatic rings. The smallest absolute Gasteiger partial charge is 0.339 e. The summed E-state index contributed by atoms with van der Waals surface area (Å²) >= 11 is 1.53.